The van der Waals surface area contributed by atoms with Gasteiger partial charge in [-0.3, -0.25) is 14.6 Å². The molecule has 0 bridgehead atoms. The molecule has 4 rings (SSSR count). The summed E-state index contributed by atoms with van der Waals surface area (Å²) in [6.45, 7) is 6.67. The number of aryl methyl sites for hydroxylation is 1. The number of aromatic nitrogens is 1. The topological polar surface area (TPSA) is 45.7 Å². The Morgan fingerprint density at radius 1 is 1.21 bits per heavy atom. The van der Waals surface area contributed by atoms with E-state index < -0.39 is 0 Å². The summed E-state index contributed by atoms with van der Waals surface area (Å²) in [5.74, 6) is 0.0623. The maximum Gasteiger partial charge on any atom is 0.233 e. The van der Waals surface area contributed by atoms with Gasteiger partial charge in [0.1, 0.15) is 0 Å². The van der Waals surface area contributed by atoms with Gasteiger partial charge in [-0.2, -0.15) is 0 Å². The molecule has 2 aromatic carbocycles. The van der Waals surface area contributed by atoms with E-state index in [1.54, 1.807) is 11.3 Å². The second-order valence-corrected chi connectivity index (χ2v) is 8.59. The van der Waals surface area contributed by atoms with Crippen LogP contribution in [0, 0.1) is 6.92 Å². The summed E-state index contributed by atoms with van der Waals surface area (Å²) in [7, 11) is 0. The monoisotopic (exact) mass is 429 g/mol. The van der Waals surface area contributed by atoms with Crippen molar-refractivity contribution in [2.45, 2.75) is 13.3 Å². The Kier molecular flexibility index (Phi) is 6.45. The molecule has 1 fully saturated rings. The number of halogens is 1. The van der Waals surface area contributed by atoms with Crippen molar-refractivity contribution in [1.29, 1.82) is 0 Å². The van der Waals surface area contributed by atoms with Crippen LogP contribution in [0.4, 0.5) is 5.13 Å². The Morgan fingerprint density at radius 3 is 2.72 bits per heavy atom. The van der Waals surface area contributed by atoms with Crippen molar-refractivity contribution in [3.05, 3.63) is 58.6 Å². The molecule has 0 atom stereocenters. The number of ether oxygens (including phenoxy) is 1. The first kappa shape index (κ1) is 20.3. The molecule has 3 aromatic rings. The summed E-state index contributed by atoms with van der Waals surface area (Å²) in [5, 5.41) is 1.43. The maximum atomic E-state index is 13.2. The van der Waals surface area contributed by atoms with Crippen LogP contribution in [0.1, 0.15) is 11.1 Å². The molecule has 152 valence electrons. The quantitative estimate of drug-likeness (QED) is 0.590. The minimum absolute atomic E-state index is 0.0623. The number of carbonyl (C=O) groups is 1. The molecule has 1 aliphatic rings. The highest BCUT2D eigenvalue weighted by Gasteiger charge is 2.22. The lowest BCUT2D eigenvalue weighted by Crippen LogP contribution is -2.43. The second kappa shape index (κ2) is 9.22. The molecule has 0 N–H and O–H groups in total. The van der Waals surface area contributed by atoms with Crippen LogP contribution < -0.4 is 4.90 Å². The molecule has 0 unspecified atom stereocenters. The molecule has 7 heteroatoms. The van der Waals surface area contributed by atoms with Gasteiger partial charge >= 0.3 is 0 Å². The van der Waals surface area contributed by atoms with Gasteiger partial charge in [0.25, 0.3) is 0 Å². The Balaban J connectivity index is 1.60. The van der Waals surface area contributed by atoms with E-state index in [0.717, 1.165) is 59.3 Å². The van der Waals surface area contributed by atoms with Gasteiger partial charge in [-0.25, -0.2) is 4.98 Å². The molecular formula is C22H24ClN3O2S. The Labute approximate surface area is 179 Å². The largest absolute Gasteiger partial charge is 0.379 e. The van der Waals surface area contributed by atoms with Gasteiger partial charge in [0.05, 0.1) is 29.9 Å². The zero-order valence-corrected chi connectivity index (χ0v) is 18.0. The van der Waals surface area contributed by atoms with Crippen molar-refractivity contribution in [2.75, 3.05) is 44.3 Å². The van der Waals surface area contributed by atoms with Gasteiger partial charge in [0, 0.05) is 31.2 Å². The lowest BCUT2D eigenvalue weighted by atomic mass is 10.1. The van der Waals surface area contributed by atoms with Crippen molar-refractivity contribution in [1.82, 2.24) is 9.88 Å². The zero-order chi connectivity index (χ0) is 20.2. The average molecular weight is 430 g/mol. The van der Waals surface area contributed by atoms with Crippen LogP contribution in [-0.2, 0) is 16.0 Å². The van der Waals surface area contributed by atoms with Crippen molar-refractivity contribution < 1.29 is 9.53 Å². The molecule has 0 spiro atoms. The molecule has 0 saturated carbocycles. The molecule has 1 saturated heterocycles. The highest BCUT2D eigenvalue weighted by atomic mass is 35.5. The molecule has 1 aliphatic heterocycles. The highest BCUT2D eigenvalue weighted by Crippen LogP contribution is 2.33. The molecule has 29 heavy (non-hydrogen) atoms. The molecular weight excluding hydrogens is 406 g/mol. The van der Waals surface area contributed by atoms with E-state index in [4.69, 9.17) is 21.3 Å². The van der Waals surface area contributed by atoms with E-state index >= 15 is 0 Å². The molecule has 5 nitrogen and oxygen atoms in total. The number of benzene rings is 2. The van der Waals surface area contributed by atoms with Crippen LogP contribution in [0.5, 0.6) is 0 Å². The van der Waals surface area contributed by atoms with Gasteiger partial charge in [-0.15, -0.1) is 0 Å². The lowest BCUT2D eigenvalue weighted by Gasteiger charge is -2.29. The minimum atomic E-state index is 0.0623. The van der Waals surface area contributed by atoms with Crippen molar-refractivity contribution >= 4 is 44.2 Å². The summed E-state index contributed by atoms with van der Waals surface area (Å²) < 4.78 is 6.48. The Hall–Kier alpha value is -1.99. The van der Waals surface area contributed by atoms with Gasteiger partial charge in [-0.1, -0.05) is 53.3 Å². The van der Waals surface area contributed by atoms with Crippen LogP contribution in [0.3, 0.4) is 0 Å². The van der Waals surface area contributed by atoms with Crippen LogP contribution in [0.2, 0.25) is 5.02 Å². The highest BCUT2D eigenvalue weighted by molar-refractivity contribution is 7.22. The first-order valence-electron chi connectivity index (χ1n) is 9.82. The second-order valence-electron chi connectivity index (χ2n) is 7.18. The van der Waals surface area contributed by atoms with E-state index in [0.29, 0.717) is 18.0 Å². The van der Waals surface area contributed by atoms with Crippen LogP contribution in [0.15, 0.2) is 42.5 Å². The predicted molar refractivity (Wildman–Crippen MR) is 119 cm³/mol. The van der Waals surface area contributed by atoms with Gasteiger partial charge in [-0.05, 0) is 30.2 Å². The number of rotatable bonds is 6. The fraction of sp³-hybridized carbons (Fsp3) is 0.364. The minimum Gasteiger partial charge on any atom is -0.379 e. The number of nitrogens with zero attached hydrogens (tertiary/aromatic N) is 3. The SMILES string of the molecule is Cc1c(Cl)ccc2sc(N(CCN3CCOCC3)C(=O)Cc3ccccc3)nc12. The van der Waals surface area contributed by atoms with Gasteiger partial charge in [0.2, 0.25) is 5.91 Å². The van der Waals surface area contributed by atoms with Crippen LogP contribution >= 0.6 is 22.9 Å². The summed E-state index contributed by atoms with van der Waals surface area (Å²) in [4.78, 5) is 22.2. The number of anilines is 1. The fourth-order valence-corrected chi connectivity index (χ4v) is 4.68. The third kappa shape index (κ3) is 4.78. The predicted octanol–water partition coefficient (Wildman–Crippen LogP) is 4.17. The van der Waals surface area contributed by atoms with E-state index in [-0.39, 0.29) is 5.91 Å². The number of hydrogen-bond donors (Lipinski definition) is 0. The molecule has 0 aliphatic carbocycles. The molecule has 1 aromatic heterocycles. The van der Waals surface area contributed by atoms with E-state index in [1.807, 2.05) is 54.3 Å². The molecule has 1 amide bonds. The smallest absolute Gasteiger partial charge is 0.233 e. The average Bonchev–Trinajstić information content (AvgIpc) is 3.17. The zero-order valence-electron chi connectivity index (χ0n) is 16.4. The van der Waals surface area contributed by atoms with Gasteiger partial charge in [0.15, 0.2) is 5.13 Å². The summed E-state index contributed by atoms with van der Waals surface area (Å²) in [5.41, 5.74) is 2.84. The van der Waals surface area contributed by atoms with Crippen molar-refractivity contribution in [3.63, 3.8) is 0 Å². The van der Waals surface area contributed by atoms with Crippen LogP contribution in [-0.4, -0.2) is 55.2 Å². The number of hydrogen-bond acceptors (Lipinski definition) is 5. The number of carbonyl (C=O) groups excluding carboxylic acids is 1. The molecule has 0 radical (unpaired) electrons. The first-order valence-corrected chi connectivity index (χ1v) is 11.0. The first-order chi connectivity index (χ1) is 14.1. The summed E-state index contributed by atoms with van der Waals surface area (Å²) in [6, 6.07) is 13.7. The van der Waals surface area contributed by atoms with Gasteiger partial charge < -0.3 is 4.74 Å². The third-order valence-corrected chi connectivity index (χ3v) is 6.66. The van der Waals surface area contributed by atoms with E-state index in [9.17, 15) is 4.79 Å². The standard InChI is InChI=1S/C22H24ClN3O2S/c1-16-18(23)7-8-19-21(16)24-22(29-19)26(10-9-25-11-13-28-14-12-25)20(27)15-17-5-3-2-4-6-17/h2-8H,9-15H2,1H3. The fourth-order valence-electron chi connectivity index (χ4n) is 3.46. The number of morpholine rings is 1. The van der Waals surface area contributed by atoms with E-state index in [1.165, 1.54) is 0 Å². The number of thiazole rings is 1. The molecule has 2 heterocycles. The van der Waals surface area contributed by atoms with Crippen molar-refractivity contribution in [2.24, 2.45) is 0 Å². The van der Waals surface area contributed by atoms with E-state index in [2.05, 4.69) is 4.90 Å². The maximum absolute atomic E-state index is 13.2. The van der Waals surface area contributed by atoms with Crippen LogP contribution in [0.25, 0.3) is 10.2 Å². The Bertz CT molecular complexity index is 986. The number of amides is 1. The normalized spacial score (nSPS) is 15.0. The third-order valence-electron chi connectivity index (χ3n) is 5.21. The number of fused-ring (bicyclic) bond motifs is 1. The lowest BCUT2D eigenvalue weighted by molar-refractivity contribution is -0.118. The summed E-state index contributed by atoms with van der Waals surface area (Å²) >= 11 is 7.82. The summed E-state index contributed by atoms with van der Waals surface area (Å²) in [6.07, 6.45) is 0.361. The van der Waals surface area contributed by atoms with Crippen molar-refractivity contribution in [3.8, 4) is 0 Å². The Morgan fingerprint density at radius 2 is 1.97 bits per heavy atom.